The normalized spacial score (nSPS) is 10.3. The van der Waals surface area contributed by atoms with Gasteiger partial charge in [-0.2, -0.15) is 0 Å². The second kappa shape index (κ2) is 6.39. The van der Waals surface area contributed by atoms with E-state index in [9.17, 15) is 4.79 Å². The second-order valence-corrected chi connectivity index (χ2v) is 2.56. The fourth-order valence-electron chi connectivity index (χ4n) is 0.951. The summed E-state index contributed by atoms with van der Waals surface area (Å²) in [5.74, 6) is -0.866. The molecule has 0 atom stereocenters. The quantitative estimate of drug-likeness (QED) is 0.275. The average Bonchev–Trinajstić information content (AvgIpc) is 2.20. The lowest BCUT2D eigenvalue weighted by Gasteiger charge is -2.04. The highest BCUT2D eigenvalue weighted by Crippen LogP contribution is 1.98. The van der Waals surface area contributed by atoms with Crippen LogP contribution in [0.4, 0.5) is 0 Å². The highest BCUT2D eigenvalue weighted by atomic mass is 16.4. The van der Waals surface area contributed by atoms with Gasteiger partial charge in [-0.3, -0.25) is 4.79 Å². The molecule has 5 N–H and O–H groups in total. The molecule has 0 aliphatic heterocycles. The maximum absolute atomic E-state index is 10.3. The molecule has 1 rings (SSSR count). The van der Waals surface area contributed by atoms with Crippen molar-refractivity contribution in [2.45, 2.75) is 0 Å². The highest BCUT2D eigenvalue weighted by molar-refractivity contribution is 5.99. The molecule has 0 spiro atoms. The van der Waals surface area contributed by atoms with Crippen LogP contribution < -0.4 is 5.32 Å². The van der Waals surface area contributed by atoms with E-state index in [-0.39, 0.29) is 17.9 Å². The minimum Gasteiger partial charge on any atom is -0.480 e. The zero-order chi connectivity index (χ0) is 10.4. The third-order valence-electron chi connectivity index (χ3n) is 1.55. The predicted molar refractivity (Wildman–Crippen MR) is 54.0 cm³/mol. The topological polar surface area (TPSA) is 113 Å². The molecule has 0 fully saturated rings. The number of hydrogen-bond acceptors (Lipinski definition) is 3. The summed E-state index contributed by atoms with van der Waals surface area (Å²) in [5.41, 5.74) is 0.635. The fraction of sp³-hybridized carbons (Fsp3) is 0.111. The Kier molecular flexibility index (Phi) is 5.50. The van der Waals surface area contributed by atoms with Crippen molar-refractivity contribution >= 4 is 11.8 Å². The van der Waals surface area contributed by atoms with Gasteiger partial charge in [0, 0.05) is 5.56 Å². The summed E-state index contributed by atoms with van der Waals surface area (Å²) < 4.78 is 0. The molecule has 0 heterocycles. The number of rotatable bonds is 3. The molecule has 6 heteroatoms. The number of nitrogens with zero attached hydrogens (tertiary/aromatic N) is 1. The molecule has 0 amide bonds. The van der Waals surface area contributed by atoms with Gasteiger partial charge in [0.2, 0.25) is 0 Å². The minimum absolute atomic E-state index is 0. The van der Waals surface area contributed by atoms with Gasteiger partial charge >= 0.3 is 5.97 Å². The molecule has 0 aliphatic rings. The molecule has 1 aromatic carbocycles. The monoisotopic (exact) mass is 212 g/mol. The predicted octanol–water partition coefficient (Wildman–Crippen LogP) is -0.328. The van der Waals surface area contributed by atoms with Gasteiger partial charge in [0.15, 0.2) is 5.84 Å². The van der Waals surface area contributed by atoms with Crippen LogP contribution in [0.15, 0.2) is 35.5 Å². The summed E-state index contributed by atoms with van der Waals surface area (Å²) in [6.07, 6.45) is 0. The lowest BCUT2D eigenvalue weighted by molar-refractivity contribution is -0.135. The largest absolute Gasteiger partial charge is 0.480 e. The van der Waals surface area contributed by atoms with Crippen LogP contribution >= 0.6 is 0 Å². The molecule has 1 aromatic rings. The van der Waals surface area contributed by atoms with Crippen molar-refractivity contribution in [2.24, 2.45) is 5.16 Å². The van der Waals surface area contributed by atoms with E-state index >= 15 is 0 Å². The average molecular weight is 212 g/mol. The van der Waals surface area contributed by atoms with Crippen molar-refractivity contribution in [1.82, 2.24) is 5.32 Å². The molecule has 0 unspecified atom stereocenters. The van der Waals surface area contributed by atoms with E-state index in [1.807, 2.05) is 6.07 Å². The molecule has 0 radical (unpaired) electrons. The number of oxime groups is 1. The van der Waals surface area contributed by atoms with Gasteiger partial charge in [-0.25, -0.2) is 0 Å². The van der Waals surface area contributed by atoms with Crippen molar-refractivity contribution < 1.29 is 20.6 Å². The zero-order valence-corrected chi connectivity index (χ0v) is 7.84. The second-order valence-electron chi connectivity index (χ2n) is 2.56. The number of nitrogens with one attached hydrogen (secondary N) is 1. The van der Waals surface area contributed by atoms with Gasteiger partial charge in [-0.05, 0) is 0 Å². The van der Waals surface area contributed by atoms with Gasteiger partial charge in [-0.15, -0.1) is 0 Å². The van der Waals surface area contributed by atoms with Crippen LogP contribution in [-0.4, -0.2) is 34.1 Å². The van der Waals surface area contributed by atoms with Crippen molar-refractivity contribution in [1.29, 1.82) is 0 Å². The van der Waals surface area contributed by atoms with E-state index in [0.29, 0.717) is 5.56 Å². The summed E-state index contributed by atoms with van der Waals surface area (Å²) in [6.45, 7) is -0.283. The van der Waals surface area contributed by atoms with E-state index in [1.165, 1.54) is 0 Å². The van der Waals surface area contributed by atoms with Gasteiger partial charge < -0.3 is 21.1 Å². The maximum atomic E-state index is 10.3. The third-order valence-corrected chi connectivity index (χ3v) is 1.55. The number of aliphatic carboxylic acids is 1. The Morgan fingerprint density at radius 2 is 1.93 bits per heavy atom. The highest BCUT2D eigenvalue weighted by Gasteiger charge is 2.04. The molecule has 0 aromatic heterocycles. The van der Waals surface area contributed by atoms with Gasteiger partial charge in [0.25, 0.3) is 0 Å². The smallest absolute Gasteiger partial charge is 0.322 e. The van der Waals surface area contributed by atoms with Crippen LogP contribution in [0, 0.1) is 0 Å². The minimum atomic E-state index is -1.01. The van der Waals surface area contributed by atoms with Crippen molar-refractivity contribution in [3.8, 4) is 0 Å². The first-order valence-electron chi connectivity index (χ1n) is 3.97. The Hall–Kier alpha value is -2.08. The van der Waals surface area contributed by atoms with Gasteiger partial charge in [-0.1, -0.05) is 35.5 Å². The van der Waals surface area contributed by atoms with Crippen molar-refractivity contribution in [2.75, 3.05) is 6.54 Å². The zero-order valence-electron chi connectivity index (χ0n) is 7.84. The Labute approximate surface area is 86.2 Å². The molecular formula is C9H12N2O4. The lowest BCUT2D eigenvalue weighted by Crippen LogP contribution is -2.30. The molecule has 82 valence electrons. The van der Waals surface area contributed by atoms with Crippen LogP contribution in [0.2, 0.25) is 0 Å². The lowest BCUT2D eigenvalue weighted by atomic mass is 10.2. The summed E-state index contributed by atoms with van der Waals surface area (Å²) >= 11 is 0. The summed E-state index contributed by atoms with van der Waals surface area (Å²) in [4.78, 5) is 10.3. The fourth-order valence-corrected chi connectivity index (χ4v) is 0.951. The first kappa shape index (κ1) is 12.9. The molecule has 6 nitrogen and oxygen atoms in total. The number of carboxylic acids is 1. The van der Waals surface area contributed by atoms with E-state index < -0.39 is 5.97 Å². The Morgan fingerprint density at radius 1 is 1.33 bits per heavy atom. The van der Waals surface area contributed by atoms with Crippen LogP contribution in [0.25, 0.3) is 0 Å². The van der Waals surface area contributed by atoms with Gasteiger partial charge in [0.1, 0.15) is 6.54 Å². The number of carboxylic acid groups (broad SMARTS) is 1. The summed E-state index contributed by atoms with van der Waals surface area (Å²) in [6, 6.07) is 8.77. The van der Waals surface area contributed by atoms with E-state index in [0.717, 1.165) is 0 Å². The maximum Gasteiger partial charge on any atom is 0.322 e. The molecule has 0 saturated carbocycles. The van der Waals surface area contributed by atoms with Crippen LogP contribution in [-0.2, 0) is 4.79 Å². The molecular weight excluding hydrogens is 200 g/mol. The molecule has 0 aliphatic carbocycles. The van der Waals surface area contributed by atoms with E-state index in [1.54, 1.807) is 24.3 Å². The third kappa shape index (κ3) is 4.10. The Bertz CT molecular complexity index is 337. The molecule has 0 saturated heterocycles. The van der Waals surface area contributed by atoms with Crippen molar-refractivity contribution in [3.05, 3.63) is 35.9 Å². The first-order chi connectivity index (χ1) is 6.74. The van der Waals surface area contributed by atoms with Crippen molar-refractivity contribution in [3.63, 3.8) is 0 Å². The number of benzene rings is 1. The van der Waals surface area contributed by atoms with Crippen LogP contribution in [0.3, 0.4) is 0 Å². The Balaban J connectivity index is 0.00000196. The van der Waals surface area contributed by atoms with E-state index in [4.69, 9.17) is 10.3 Å². The number of carbonyl (C=O) groups is 1. The van der Waals surface area contributed by atoms with Crippen LogP contribution in [0.5, 0.6) is 0 Å². The van der Waals surface area contributed by atoms with Gasteiger partial charge in [0.05, 0.1) is 0 Å². The Morgan fingerprint density at radius 3 is 2.40 bits per heavy atom. The molecule has 15 heavy (non-hydrogen) atoms. The van der Waals surface area contributed by atoms with E-state index in [2.05, 4.69) is 10.5 Å². The van der Waals surface area contributed by atoms with Crippen LogP contribution in [0.1, 0.15) is 5.56 Å². The summed E-state index contributed by atoms with van der Waals surface area (Å²) in [7, 11) is 0. The number of hydrogen-bond donors (Lipinski definition) is 3. The standard InChI is InChI=1S/C9H10N2O3.H2O/c12-8(13)6-10-9(11-14)7-4-2-1-3-5-7;/h1-5,14H,6H2,(H,10,11)(H,12,13);1H2. The number of amidine groups is 1. The SMILES string of the molecule is O.O=C(O)CNC(=NO)c1ccccc1. The first-order valence-corrected chi connectivity index (χ1v) is 3.97. The summed E-state index contributed by atoms with van der Waals surface area (Å²) in [5, 5.41) is 22.5. The molecule has 0 bridgehead atoms.